The van der Waals surface area contributed by atoms with Gasteiger partial charge in [-0.15, -0.1) is 0 Å². The van der Waals surface area contributed by atoms with Crippen molar-refractivity contribution in [2.75, 3.05) is 24.5 Å². The van der Waals surface area contributed by atoms with Crippen LogP contribution >= 0.6 is 0 Å². The molecule has 1 N–H and O–H groups in total. The van der Waals surface area contributed by atoms with Gasteiger partial charge in [-0.1, -0.05) is 40.0 Å². The molecule has 150 valence electrons. The van der Waals surface area contributed by atoms with Crippen molar-refractivity contribution in [1.82, 2.24) is 4.90 Å². The Balaban J connectivity index is 2.47. The lowest BCUT2D eigenvalue weighted by Gasteiger charge is -2.30. The Labute approximate surface area is 163 Å². The summed E-state index contributed by atoms with van der Waals surface area (Å²) >= 11 is 0. The highest BCUT2D eigenvalue weighted by molar-refractivity contribution is 5.96. The lowest BCUT2D eigenvalue weighted by Crippen LogP contribution is -2.37. The molecule has 5 nitrogen and oxygen atoms in total. The Kier molecular flexibility index (Phi) is 8.29. The summed E-state index contributed by atoms with van der Waals surface area (Å²) < 4.78 is 0. The maximum atomic E-state index is 12.9. The highest BCUT2D eigenvalue weighted by atomic mass is 16.4. The van der Waals surface area contributed by atoms with Gasteiger partial charge < -0.3 is 10.0 Å². The third-order valence-electron chi connectivity index (χ3n) is 5.17. The van der Waals surface area contributed by atoms with Crippen molar-refractivity contribution >= 4 is 17.6 Å². The van der Waals surface area contributed by atoms with Crippen LogP contribution in [0.15, 0.2) is 18.2 Å². The molecule has 0 saturated carbocycles. The molecule has 0 aromatic heterocycles. The van der Waals surface area contributed by atoms with Crippen molar-refractivity contribution in [2.45, 2.75) is 65.8 Å². The van der Waals surface area contributed by atoms with Crippen LogP contribution in [0.25, 0.3) is 0 Å². The van der Waals surface area contributed by atoms with Crippen molar-refractivity contribution in [3.8, 4) is 0 Å². The lowest BCUT2D eigenvalue weighted by molar-refractivity contribution is -0.121. The molecule has 2 rings (SSSR count). The standard InChI is InChI=1S/C22H34N2O3/c1-4-12-23-13-8-6-5-7-9-14-24(21(25)17(2)3)20-11-10-18(22(26)27)15-19(20)16-23/h10-11,15,17H,4-9,12-14,16H2,1-3H3,(H,26,27). The van der Waals surface area contributed by atoms with E-state index in [1.807, 2.05) is 24.8 Å². The molecule has 0 bridgehead atoms. The average molecular weight is 375 g/mol. The lowest BCUT2D eigenvalue weighted by atomic mass is 10.0. The molecule has 27 heavy (non-hydrogen) atoms. The number of aromatic carboxylic acids is 1. The van der Waals surface area contributed by atoms with Gasteiger partial charge in [-0.2, -0.15) is 0 Å². The summed E-state index contributed by atoms with van der Waals surface area (Å²) in [6.45, 7) is 9.40. The van der Waals surface area contributed by atoms with Crippen LogP contribution in [0, 0.1) is 5.92 Å². The van der Waals surface area contributed by atoms with Gasteiger partial charge in [0.25, 0.3) is 0 Å². The number of anilines is 1. The van der Waals surface area contributed by atoms with Crippen molar-refractivity contribution in [3.63, 3.8) is 0 Å². The number of amides is 1. The first-order chi connectivity index (χ1) is 12.9. The predicted molar refractivity (Wildman–Crippen MR) is 109 cm³/mol. The number of hydrogen-bond acceptors (Lipinski definition) is 3. The molecule has 0 saturated heterocycles. The maximum absolute atomic E-state index is 12.9. The minimum atomic E-state index is -0.923. The summed E-state index contributed by atoms with van der Waals surface area (Å²) in [5, 5.41) is 9.43. The number of nitrogens with zero attached hydrogens (tertiary/aromatic N) is 2. The van der Waals surface area contributed by atoms with E-state index < -0.39 is 5.97 Å². The quantitative estimate of drug-likeness (QED) is 0.840. The molecule has 1 amide bonds. The van der Waals surface area contributed by atoms with E-state index in [0.29, 0.717) is 13.1 Å². The largest absolute Gasteiger partial charge is 0.478 e. The van der Waals surface area contributed by atoms with E-state index in [1.165, 1.54) is 19.3 Å². The van der Waals surface area contributed by atoms with Gasteiger partial charge in [0.1, 0.15) is 0 Å². The monoisotopic (exact) mass is 374 g/mol. The van der Waals surface area contributed by atoms with E-state index in [1.54, 1.807) is 12.1 Å². The van der Waals surface area contributed by atoms with E-state index in [-0.39, 0.29) is 17.4 Å². The molecule has 1 aromatic rings. The number of rotatable bonds is 4. The van der Waals surface area contributed by atoms with E-state index in [9.17, 15) is 14.7 Å². The third-order valence-corrected chi connectivity index (χ3v) is 5.17. The Bertz CT molecular complexity index is 642. The summed E-state index contributed by atoms with van der Waals surface area (Å²) in [6, 6.07) is 5.21. The van der Waals surface area contributed by atoms with Crippen molar-refractivity contribution in [2.24, 2.45) is 5.92 Å². The second kappa shape index (κ2) is 10.5. The second-order valence-corrected chi connectivity index (χ2v) is 7.84. The fraction of sp³-hybridized carbons (Fsp3) is 0.636. The van der Waals surface area contributed by atoms with Crippen LogP contribution in [0.5, 0.6) is 0 Å². The van der Waals surface area contributed by atoms with Gasteiger partial charge in [0, 0.05) is 24.7 Å². The van der Waals surface area contributed by atoms with Crippen LogP contribution in [0.3, 0.4) is 0 Å². The third kappa shape index (κ3) is 6.06. The van der Waals surface area contributed by atoms with Gasteiger partial charge in [0.15, 0.2) is 0 Å². The summed E-state index contributed by atoms with van der Waals surface area (Å²) in [6.07, 6.45) is 6.75. The number of carboxylic acids is 1. The number of carbonyl (C=O) groups excluding carboxylic acids is 1. The SMILES string of the molecule is CCCN1CCCCCCCN(C(=O)C(C)C)c2ccc(C(=O)O)cc2C1. The average Bonchev–Trinajstić information content (AvgIpc) is 2.62. The fourth-order valence-corrected chi connectivity index (χ4v) is 3.73. The Morgan fingerprint density at radius 1 is 1.07 bits per heavy atom. The molecule has 1 aromatic carbocycles. The van der Waals surface area contributed by atoms with Gasteiger partial charge in [-0.3, -0.25) is 9.69 Å². The van der Waals surface area contributed by atoms with Crippen molar-refractivity contribution < 1.29 is 14.7 Å². The number of benzene rings is 1. The highest BCUT2D eigenvalue weighted by Gasteiger charge is 2.23. The van der Waals surface area contributed by atoms with Gasteiger partial charge in [-0.25, -0.2) is 4.79 Å². The molecule has 0 aliphatic carbocycles. The first-order valence-electron chi connectivity index (χ1n) is 10.3. The Morgan fingerprint density at radius 2 is 1.74 bits per heavy atom. The topological polar surface area (TPSA) is 60.9 Å². The minimum absolute atomic E-state index is 0.0864. The maximum Gasteiger partial charge on any atom is 0.335 e. The molecular weight excluding hydrogens is 340 g/mol. The molecule has 1 aliphatic rings. The van der Waals surface area contributed by atoms with Gasteiger partial charge in [0.05, 0.1) is 5.56 Å². The molecule has 0 fully saturated rings. The summed E-state index contributed by atoms with van der Waals surface area (Å²) in [7, 11) is 0. The normalized spacial score (nSPS) is 17.1. The van der Waals surface area contributed by atoms with Gasteiger partial charge in [0.2, 0.25) is 5.91 Å². The Hall–Kier alpha value is -1.88. The highest BCUT2D eigenvalue weighted by Crippen LogP contribution is 2.27. The summed E-state index contributed by atoms with van der Waals surface area (Å²) in [5.41, 5.74) is 2.10. The van der Waals surface area contributed by atoms with Crippen LogP contribution in [0.1, 0.15) is 75.2 Å². The van der Waals surface area contributed by atoms with E-state index in [0.717, 1.165) is 43.6 Å². The molecule has 1 aliphatic heterocycles. The smallest absolute Gasteiger partial charge is 0.335 e. The first-order valence-corrected chi connectivity index (χ1v) is 10.3. The van der Waals surface area contributed by atoms with Gasteiger partial charge in [-0.05, 0) is 56.1 Å². The number of carbonyl (C=O) groups is 2. The predicted octanol–water partition coefficient (Wildman–Crippen LogP) is 4.55. The molecule has 5 heteroatoms. The minimum Gasteiger partial charge on any atom is -0.478 e. The zero-order valence-electron chi connectivity index (χ0n) is 17.0. The molecule has 0 unspecified atom stereocenters. The second-order valence-electron chi connectivity index (χ2n) is 7.84. The van der Waals surface area contributed by atoms with E-state index in [4.69, 9.17) is 0 Å². The first kappa shape index (κ1) is 21.4. The van der Waals surface area contributed by atoms with Crippen LogP contribution in [-0.2, 0) is 11.3 Å². The summed E-state index contributed by atoms with van der Waals surface area (Å²) in [5.74, 6) is -0.900. The molecule has 0 spiro atoms. The molecule has 0 atom stereocenters. The molecule has 1 heterocycles. The number of hydrogen-bond donors (Lipinski definition) is 1. The van der Waals surface area contributed by atoms with Crippen LogP contribution < -0.4 is 4.90 Å². The van der Waals surface area contributed by atoms with Gasteiger partial charge >= 0.3 is 5.97 Å². The van der Waals surface area contributed by atoms with Crippen molar-refractivity contribution in [1.29, 1.82) is 0 Å². The van der Waals surface area contributed by atoms with Crippen LogP contribution in [0.2, 0.25) is 0 Å². The Morgan fingerprint density at radius 3 is 2.37 bits per heavy atom. The van der Waals surface area contributed by atoms with Crippen molar-refractivity contribution in [3.05, 3.63) is 29.3 Å². The molecule has 0 radical (unpaired) electrons. The van der Waals surface area contributed by atoms with E-state index >= 15 is 0 Å². The van der Waals surface area contributed by atoms with E-state index in [2.05, 4.69) is 11.8 Å². The van der Waals surface area contributed by atoms with Crippen LogP contribution in [0.4, 0.5) is 5.69 Å². The molecular formula is C22H34N2O3. The zero-order chi connectivity index (χ0) is 19.8. The zero-order valence-corrected chi connectivity index (χ0v) is 17.0. The number of fused-ring (bicyclic) bond motifs is 1. The van der Waals surface area contributed by atoms with Crippen LogP contribution in [-0.4, -0.2) is 41.5 Å². The number of carboxylic acid groups (broad SMARTS) is 1. The summed E-state index contributed by atoms with van der Waals surface area (Å²) in [4.78, 5) is 28.7. The fourth-order valence-electron chi connectivity index (χ4n) is 3.73.